The van der Waals surface area contributed by atoms with Gasteiger partial charge in [-0.1, -0.05) is 0 Å². The summed E-state index contributed by atoms with van der Waals surface area (Å²) in [6, 6.07) is 9.47. The summed E-state index contributed by atoms with van der Waals surface area (Å²) in [5.41, 5.74) is 0.557. The molecule has 0 saturated carbocycles. The van der Waals surface area contributed by atoms with Crippen LogP contribution in [0.1, 0.15) is 17.3 Å². The standard InChI is InChI=1S/C8H7O2.C2H5.Co.O/c1-10-8(9)7-5-3-2-4-6-7;1-2;;/h3-6H,1H3;1H2,2H3;;/q2*-1;;. The number of hydrogen-bond acceptors (Lipinski definition) is 3. The van der Waals surface area contributed by atoms with Crippen LogP contribution in [-0.2, 0) is 24.3 Å². The van der Waals surface area contributed by atoms with Crippen LogP contribution in [0.25, 0.3) is 0 Å². The van der Waals surface area contributed by atoms with Gasteiger partial charge in [-0.2, -0.15) is 37.3 Å². The van der Waals surface area contributed by atoms with Crippen LogP contribution in [-0.4, -0.2) is 13.1 Å². The molecule has 0 bridgehead atoms. The first-order chi connectivity index (χ1) is 6.84. The summed E-state index contributed by atoms with van der Waals surface area (Å²) in [6.07, 6.45) is 0. The van der Waals surface area contributed by atoms with Crippen molar-refractivity contribution < 1.29 is 29.1 Å². The van der Waals surface area contributed by atoms with E-state index in [-0.39, 0.29) is 5.97 Å². The van der Waals surface area contributed by atoms with Crippen molar-refractivity contribution in [2.24, 2.45) is 0 Å². The first kappa shape index (κ1) is 15.5. The van der Waals surface area contributed by atoms with E-state index in [1.807, 2.05) is 0 Å². The Labute approximate surface area is 92.3 Å². The van der Waals surface area contributed by atoms with Gasteiger partial charge in [0.15, 0.2) is 0 Å². The molecular weight excluding hydrogens is 227 g/mol. The van der Waals surface area contributed by atoms with E-state index < -0.39 is 0 Å². The fourth-order valence-corrected chi connectivity index (χ4v) is 0.641. The Hall–Kier alpha value is -1.00. The molecule has 1 aromatic carbocycles. The van der Waals surface area contributed by atoms with Crippen molar-refractivity contribution in [3.05, 3.63) is 42.8 Å². The monoisotopic (exact) mass is 239 g/mol. The number of hydrogen-bond donors (Lipinski definition) is 0. The number of methoxy groups -OCH3 is 1. The Morgan fingerprint density at radius 1 is 1.36 bits per heavy atom. The van der Waals surface area contributed by atoms with Gasteiger partial charge in [0.2, 0.25) is 0 Å². The van der Waals surface area contributed by atoms with Crippen molar-refractivity contribution in [2.75, 3.05) is 7.11 Å². The van der Waals surface area contributed by atoms with E-state index in [4.69, 9.17) is 3.87 Å². The van der Waals surface area contributed by atoms with Gasteiger partial charge < -0.3 is 11.7 Å². The van der Waals surface area contributed by atoms with Crippen molar-refractivity contribution in [2.45, 2.75) is 6.92 Å². The van der Waals surface area contributed by atoms with E-state index in [0.717, 1.165) is 0 Å². The summed E-state index contributed by atoms with van der Waals surface area (Å²) in [4.78, 5) is 10.8. The van der Waals surface area contributed by atoms with Crippen molar-refractivity contribution >= 4 is 5.97 Å². The van der Waals surface area contributed by atoms with E-state index in [1.54, 1.807) is 31.2 Å². The normalized spacial score (nSPS) is 7.14. The van der Waals surface area contributed by atoms with E-state index in [0.29, 0.717) is 5.56 Å². The van der Waals surface area contributed by atoms with Gasteiger partial charge in [0.1, 0.15) is 0 Å². The molecule has 0 atom stereocenters. The Morgan fingerprint density at radius 2 is 1.79 bits per heavy atom. The molecule has 0 aliphatic carbocycles. The zero-order valence-corrected chi connectivity index (χ0v) is 9.12. The minimum atomic E-state index is -0.311. The number of rotatable bonds is 1. The molecule has 0 aliphatic rings. The van der Waals surface area contributed by atoms with E-state index >= 15 is 0 Å². The summed E-state index contributed by atoms with van der Waals surface area (Å²) >= 11 is 2.31. The van der Waals surface area contributed by atoms with Crippen LogP contribution in [0.4, 0.5) is 0 Å². The molecule has 0 fully saturated rings. The zero-order valence-electron chi connectivity index (χ0n) is 8.07. The number of carbonyl (C=O) groups excluding carboxylic acids is 1. The summed E-state index contributed by atoms with van der Waals surface area (Å²) in [6.45, 7) is 5.00. The van der Waals surface area contributed by atoms with E-state index in [9.17, 15) is 4.79 Å². The van der Waals surface area contributed by atoms with Crippen LogP contribution in [0.5, 0.6) is 0 Å². The van der Waals surface area contributed by atoms with Crippen LogP contribution in [0.2, 0.25) is 0 Å². The quantitative estimate of drug-likeness (QED) is 0.556. The zero-order chi connectivity index (χ0) is 11.4. The maximum absolute atomic E-state index is 10.8. The van der Waals surface area contributed by atoms with Gasteiger partial charge >= 0.3 is 25.5 Å². The topological polar surface area (TPSA) is 43.4 Å². The molecule has 81 valence electrons. The first-order valence-corrected chi connectivity index (χ1v) is 4.16. The molecule has 1 rings (SSSR count). The average molecular weight is 239 g/mol. The Balaban J connectivity index is 0. The number of benzene rings is 1. The Bertz CT molecular complexity index is 236. The van der Waals surface area contributed by atoms with Gasteiger partial charge in [-0.15, -0.1) is 0 Å². The number of ether oxygens (including phenoxy) is 1. The molecule has 0 radical (unpaired) electrons. The third-order valence-electron chi connectivity index (χ3n) is 1.14. The van der Waals surface area contributed by atoms with Crippen LogP contribution in [0.15, 0.2) is 24.3 Å². The van der Waals surface area contributed by atoms with Crippen LogP contribution < -0.4 is 0 Å². The average Bonchev–Trinajstić information content (AvgIpc) is 2.34. The summed E-state index contributed by atoms with van der Waals surface area (Å²) in [5.74, 6) is -0.311. The minimum absolute atomic E-state index is 0.311. The molecule has 0 amide bonds. The third-order valence-corrected chi connectivity index (χ3v) is 1.14. The predicted octanol–water partition coefficient (Wildman–Crippen LogP) is 1.99. The van der Waals surface area contributed by atoms with Gasteiger partial charge in [0.25, 0.3) is 0 Å². The molecule has 0 spiro atoms. The van der Waals surface area contributed by atoms with Gasteiger partial charge in [-0.25, -0.2) is 4.79 Å². The molecule has 4 heteroatoms. The molecule has 0 saturated heterocycles. The second kappa shape index (κ2) is 12.0. The van der Waals surface area contributed by atoms with Gasteiger partial charge in [-0.3, -0.25) is 0 Å². The first-order valence-electron chi connectivity index (χ1n) is 3.73. The Morgan fingerprint density at radius 3 is 2.14 bits per heavy atom. The van der Waals surface area contributed by atoms with E-state index in [2.05, 4.69) is 33.4 Å². The Kier molecular flexibility index (Phi) is 13.3. The van der Waals surface area contributed by atoms with Gasteiger partial charge in [0.05, 0.1) is 7.11 Å². The number of carbonyl (C=O) groups is 1. The van der Waals surface area contributed by atoms with Gasteiger partial charge in [-0.05, 0) is 5.56 Å². The fourth-order valence-electron chi connectivity index (χ4n) is 0.641. The molecule has 0 heterocycles. The number of esters is 1. The van der Waals surface area contributed by atoms with E-state index in [1.165, 1.54) is 7.11 Å². The van der Waals surface area contributed by atoms with Gasteiger partial charge in [0, 0.05) is 0 Å². The molecule has 0 unspecified atom stereocenters. The van der Waals surface area contributed by atoms with Crippen molar-refractivity contribution in [3.8, 4) is 0 Å². The summed E-state index contributed by atoms with van der Waals surface area (Å²) in [7, 11) is 1.36. The molecule has 0 aromatic heterocycles. The van der Waals surface area contributed by atoms with Crippen LogP contribution in [0.3, 0.4) is 0 Å². The maximum atomic E-state index is 10.8. The third kappa shape index (κ3) is 6.51. The molecule has 0 N–H and O–H groups in total. The predicted molar refractivity (Wildman–Crippen MR) is 48.3 cm³/mol. The second-order valence-corrected chi connectivity index (χ2v) is 1.78. The molecule has 3 nitrogen and oxygen atoms in total. The summed E-state index contributed by atoms with van der Waals surface area (Å²) in [5, 5.41) is 0. The van der Waals surface area contributed by atoms with Crippen LogP contribution in [0, 0.1) is 13.0 Å². The fraction of sp³-hybridized carbons (Fsp3) is 0.200. The molecule has 14 heavy (non-hydrogen) atoms. The second-order valence-electron chi connectivity index (χ2n) is 1.78. The SMILES string of the molecule is COC(=O)c1cc[c-]cc1.[CH2-]C.[O]=[Co]. The van der Waals surface area contributed by atoms with Crippen molar-refractivity contribution in [1.29, 1.82) is 0 Å². The molecular formula is C10H12CoO3-2. The van der Waals surface area contributed by atoms with Crippen LogP contribution >= 0.6 is 0 Å². The molecule has 0 aliphatic heterocycles. The van der Waals surface area contributed by atoms with Crippen molar-refractivity contribution in [3.63, 3.8) is 0 Å². The molecule has 1 aromatic rings. The van der Waals surface area contributed by atoms with Crippen molar-refractivity contribution in [1.82, 2.24) is 0 Å². The summed E-state index contributed by atoms with van der Waals surface area (Å²) < 4.78 is 12.4.